The Labute approximate surface area is 197 Å². The molecule has 0 bridgehead atoms. The fourth-order valence-electron chi connectivity index (χ4n) is 3.44. The Bertz CT molecular complexity index is 1160. The zero-order valence-corrected chi connectivity index (χ0v) is 19.2. The van der Waals surface area contributed by atoms with Crippen LogP contribution in [-0.4, -0.2) is 51.2 Å². The number of halogens is 2. The molecule has 2 N–H and O–H groups in total. The summed E-state index contributed by atoms with van der Waals surface area (Å²) >= 11 is 5.92. The molecule has 0 atom stereocenters. The predicted octanol–water partition coefficient (Wildman–Crippen LogP) is 3.51. The number of nitrogens with zero attached hydrogens (tertiary/aromatic N) is 3. The fourth-order valence-corrected chi connectivity index (χ4v) is 3.56. The largest absolute Gasteiger partial charge is 0.395 e. The molecule has 0 aliphatic rings. The highest BCUT2D eigenvalue weighted by Crippen LogP contribution is 2.20. The van der Waals surface area contributed by atoms with Crippen molar-refractivity contribution < 1.29 is 14.6 Å². The maximum atomic E-state index is 13.8. The van der Waals surface area contributed by atoms with Gasteiger partial charge in [0.2, 0.25) is 0 Å². The Morgan fingerprint density at radius 1 is 1.09 bits per heavy atom. The molecule has 0 spiro atoms. The van der Waals surface area contributed by atoms with Crippen LogP contribution >= 0.6 is 11.6 Å². The number of aromatic nitrogens is 2. The van der Waals surface area contributed by atoms with E-state index in [4.69, 9.17) is 11.6 Å². The second kappa shape index (κ2) is 11.9. The average molecular weight is 472 g/mol. The van der Waals surface area contributed by atoms with E-state index in [-0.39, 0.29) is 37.7 Å². The van der Waals surface area contributed by atoms with Gasteiger partial charge in [0.25, 0.3) is 5.56 Å². The zero-order chi connectivity index (χ0) is 23.8. The first-order valence-corrected chi connectivity index (χ1v) is 11.0. The lowest BCUT2D eigenvalue weighted by Gasteiger charge is -2.20. The molecule has 0 unspecified atom stereocenters. The van der Waals surface area contributed by atoms with E-state index >= 15 is 0 Å². The Morgan fingerprint density at radius 2 is 1.79 bits per heavy atom. The molecule has 0 amide bonds. The molecule has 8 heteroatoms. The van der Waals surface area contributed by atoms with Gasteiger partial charge in [-0.1, -0.05) is 35.9 Å². The lowest BCUT2D eigenvalue weighted by atomic mass is 10.1. The summed E-state index contributed by atoms with van der Waals surface area (Å²) < 4.78 is 15.2. The number of rotatable bonds is 10. The van der Waals surface area contributed by atoms with E-state index in [0.29, 0.717) is 40.5 Å². The van der Waals surface area contributed by atoms with Crippen LogP contribution in [0.1, 0.15) is 16.7 Å². The molecule has 0 radical (unpaired) electrons. The molecule has 0 saturated heterocycles. The van der Waals surface area contributed by atoms with Gasteiger partial charge in [-0.3, -0.25) is 9.69 Å². The summed E-state index contributed by atoms with van der Waals surface area (Å²) in [6, 6.07) is 13.7. The van der Waals surface area contributed by atoms with E-state index in [2.05, 4.69) is 5.10 Å². The van der Waals surface area contributed by atoms with E-state index in [1.165, 1.54) is 10.7 Å². The molecule has 1 heterocycles. The Kier molecular flexibility index (Phi) is 8.91. The number of aliphatic hydroxyl groups is 2. The third kappa shape index (κ3) is 6.82. The van der Waals surface area contributed by atoms with Gasteiger partial charge in [0.05, 0.1) is 25.5 Å². The Balaban J connectivity index is 1.97. The average Bonchev–Trinajstić information content (AvgIpc) is 2.79. The lowest BCUT2D eigenvalue weighted by Crippen LogP contribution is -2.34. The van der Waals surface area contributed by atoms with Crippen molar-refractivity contribution in [2.45, 2.75) is 20.0 Å². The van der Waals surface area contributed by atoms with Gasteiger partial charge < -0.3 is 10.2 Å². The standard InChI is InChI=1S/C25H27ClFN3O3/c1-18-15-20(6-9-23(18)27)24-16-21(17-29(11-13-31)12-14-32)25(33)30(28-24)10-2-3-19-4-7-22(26)8-5-19/h2-9,15-16,31-32H,10-14,17H2,1H3. The maximum Gasteiger partial charge on any atom is 0.271 e. The van der Waals surface area contributed by atoms with Crippen molar-refractivity contribution in [3.05, 3.63) is 92.5 Å². The van der Waals surface area contributed by atoms with Crippen molar-refractivity contribution in [2.75, 3.05) is 26.3 Å². The highest BCUT2D eigenvalue weighted by atomic mass is 35.5. The second-order valence-electron chi connectivity index (χ2n) is 7.68. The fraction of sp³-hybridized carbons (Fsp3) is 0.280. The van der Waals surface area contributed by atoms with Gasteiger partial charge in [-0.05, 0) is 54.4 Å². The zero-order valence-electron chi connectivity index (χ0n) is 18.4. The molecule has 3 aromatic rings. The molecule has 0 aliphatic heterocycles. The molecule has 174 valence electrons. The molecule has 0 saturated carbocycles. The van der Waals surface area contributed by atoms with Crippen LogP contribution in [0.4, 0.5) is 4.39 Å². The summed E-state index contributed by atoms with van der Waals surface area (Å²) in [7, 11) is 0. The van der Waals surface area contributed by atoms with E-state index in [9.17, 15) is 19.4 Å². The van der Waals surface area contributed by atoms with Gasteiger partial charge in [0, 0.05) is 35.8 Å². The summed E-state index contributed by atoms with van der Waals surface area (Å²) in [6.07, 6.45) is 3.71. The quantitative estimate of drug-likeness (QED) is 0.473. The Morgan fingerprint density at radius 3 is 2.42 bits per heavy atom. The lowest BCUT2D eigenvalue weighted by molar-refractivity contribution is 0.155. The number of aryl methyl sites for hydroxylation is 1. The smallest absolute Gasteiger partial charge is 0.271 e. The van der Waals surface area contributed by atoms with Crippen LogP contribution in [0.3, 0.4) is 0 Å². The monoisotopic (exact) mass is 471 g/mol. The van der Waals surface area contributed by atoms with E-state index in [0.717, 1.165) is 5.56 Å². The summed E-state index contributed by atoms with van der Waals surface area (Å²) in [6.45, 7) is 2.63. The summed E-state index contributed by atoms with van der Waals surface area (Å²) in [5.74, 6) is -0.310. The van der Waals surface area contributed by atoms with Gasteiger partial charge in [-0.25, -0.2) is 9.07 Å². The topological polar surface area (TPSA) is 78.6 Å². The van der Waals surface area contributed by atoms with Crippen molar-refractivity contribution in [3.63, 3.8) is 0 Å². The SMILES string of the molecule is Cc1cc(-c2cc(CN(CCO)CCO)c(=O)n(CC=Cc3ccc(Cl)cc3)n2)ccc1F. The first-order valence-electron chi connectivity index (χ1n) is 10.6. The molecule has 33 heavy (non-hydrogen) atoms. The molecule has 1 aromatic heterocycles. The van der Waals surface area contributed by atoms with Gasteiger partial charge in [0.1, 0.15) is 5.82 Å². The highest BCUT2D eigenvalue weighted by Gasteiger charge is 2.14. The number of aliphatic hydroxyl groups excluding tert-OH is 2. The van der Waals surface area contributed by atoms with Gasteiger partial charge in [-0.2, -0.15) is 5.10 Å². The van der Waals surface area contributed by atoms with E-state index in [1.807, 2.05) is 24.3 Å². The molecular weight excluding hydrogens is 445 g/mol. The number of allylic oxidation sites excluding steroid dienone is 1. The minimum Gasteiger partial charge on any atom is -0.395 e. The molecule has 0 fully saturated rings. The number of hydrogen-bond donors (Lipinski definition) is 2. The molecule has 3 rings (SSSR count). The highest BCUT2D eigenvalue weighted by molar-refractivity contribution is 6.30. The first kappa shape index (κ1) is 24.8. The number of hydrogen-bond acceptors (Lipinski definition) is 5. The number of benzene rings is 2. The van der Waals surface area contributed by atoms with Crippen LogP contribution in [0.15, 0.2) is 59.4 Å². The predicted molar refractivity (Wildman–Crippen MR) is 129 cm³/mol. The van der Waals surface area contributed by atoms with Crippen LogP contribution in [0.25, 0.3) is 17.3 Å². The minimum absolute atomic E-state index is 0.0902. The summed E-state index contributed by atoms with van der Waals surface area (Å²) in [5.41, 5.74) is 2.87. The van der Waals surface area contributed by atoms with Gasteiger partial charge in [-0.15, -0.1) is 0 Å². The van der Waals surface area contributed by atoms with Gasteiger partial charge >= 0.3 is 0 Å². The van der Waals surface area contributed by atoms with Crippen LogP contribution < -0.4 is 5.56 Å². The Hall–Kier alpha value is -2.84. The van der Waals surface area contributed by atoms with Crippen molar-refractivity contribution in [2.24, 2.45) is 0 Å². The van der Waals surface area contributed by atoms with E-state index < -0.39 is 0 Å². The molecule has 6 nitrogen and oxygen atoms in total. The van der Waals surface area contributed by atoms with E-state index in [1.54, 1.807) is 42.2 Å². The molecular formula is C25H27ClFN3O3. The first-order chi connectivity index (χ1) is 15.9. The molecule has 0 aliphatic carbocycles. The van der Waals surface area contributed by atoms with Crippen LogP contribution in [0.2, 0.25) is 5.02 Å². The minimum atomic E-state index is -0.310. The summed E-state index contributed by atoms with van der Waals surface area (Å²) in [4.78, 5) is 14.9. The van der Waals surface area contributed by atoms with Gasteiger partial charge in [0.15, 0.2) is 0 Å². The van der Waals surface area contributed by atoms with Crippen LogP contribution in [0, 0.1) is 12.7 Å². The van der Waals surface area contributed by atoms with Crippen LogP contribution in [-0.2, 0) is 13.1 Å². The third-order valence-electron chi connectivity index (χ3n) is 5.19. The van der Waals surface area contributed by atoms with Crippen molar-refractivity contribution in [3.8, 4) is 11.3 Å². The third-order valence-corrected chi connectivity index (χ3v) is 5.44. The van der Waals surface area contributed by atoms with Crippen molar-refractivity contribution in [1.29, 1.82) is 0 Å². The summed E-state index contributed by atoms with van der Waals surface area (Å²) in [5, 5.41) is 23.8. The van der Waals surface area contributed by atoms with Crippen molar-refractivity contribution in [1.82, 2.24) is 14.7 Å². The second-order valence-corrected chi connectivity index (χ2v) is 8.12. The van der Waals surface area contributed by atoms with Crippen LogP contribution in [0.5, 0.6) is 0 Å². The van der Waals surface area contributed by atoms with Crippen molar-refractivity contribution >= 4 is 17.7 Å². The maximum absolute atomic E-state index is 13.8. The molecule has 2 aromatic carbocycles. The normalized spacial score (nSPS) is 11.6.